The Morgan fingerprint density at radius 1 is 0.633 bits per heavy atom. The normalized spacial score (nSPS) is 11.8. The highest BCUT2D eigenvalue weighted by atomic mass is 16.4. The third-order valence-corrected chi connectivity index (χ3v) is 5.25. The fourth-order valence-corrected chi connectivity index (χ4v) is 3.46. The quantitative estimate of drug-likeness (QED) is 0.275. The van der Waals surface area contributed by atoms with Gasteiger partial charge in [0, 0.05) is 19.3 Å². The zero-order chi connectivity index (χ0) is 22.8. The number of hydrogen-bond acceptors (Lipinski definition) is 4. The summed E-state index contributed by atoms with van der Waals surface area (Å²) >= 11 is 0. The van der Waals surface area contributed by atoms with E-state index in [0.29, 0.717) is 12.8 Å². The lowest BCUT2D eigenvalue weighted by atomic mass is 10.0. The summed E-state index contributed by atoms with van der Waals surface area (Å²) in [6.07, 6.45) is 11.3. The summed E-state index contributed by atoms with van der Waals surface area (Å²) in [5.74, 6) is -3.48. The Balaban J connectivity index is 4.88. The zero-order valence-corrected chi connectivity index (χ0v) is 18.9. The first kappa shape index (κ1) is 28.1. The van der Waals surface area contributed by atoms with Gasteiger partial charge in [0.05, 0.1) is 0 Å². The molecule has 0 unspecified atom stereocenters. The summed E-state index contributed by atoms with van der Waals surface area (Å²) in [5.41, 5.74) is 0. The second-order valence-electron chi connectivity index (χ2n) is 7.98. The van der Waals surface area contributed by atoms with Crippen LogP contribution in [0.3, 0.4) is 0 Å². The number of rotatable bonds is 19. The van der Waals surface area contributed by atoms with Crippen LogP contribution in [0.25, 0.3) is 0 Å². The molecule has 0 aliphatic carbocycles. The van der Waals surface area contributed by atoms with Crippen LogP contribution in [0.4, 0.5) is 0 Å². The standard InChI is InChI=1S/C23H41NO6/c1-3-5-7-9-10-12-14-16-21(26)24(19(23(29)30)17-18-22(27)28)20(25)15-13-11-8-6-4-2/h19H,3-18H2,1-2H3,(H,27,28)(H,29,30)/t19-/m0/s1. The second kappa shape index (κ2) is 17.9. The average molecular weight is 428 g/mol. The van der Waals surface area contributed by atoms with Crippen LogP contribution >= 0.6 is 0 Å². The van der Waals surface area contributed by atoms with E-state index in [1.165, 1.54) is 19.3 Å². The van der Waals surface area contributed by atoms with Crippen LogP contribution < -0.4 is 0 Å². The Morgan fingerprint density at radius 2 is 1.03 bits per heavy atom. The minimum atomic E-state index is -1.42. The first-order valence-electron chi connectivity index (χ1n) is 11.6. The second-order valence-corrected chi connectivity index (χ2v) is 7.98. The molecule has 0 aromatic heterocycles. The molecule has 30 heavy (non-hydrogen) atoms. The van der Waals surface area contributed by atoms with E-state index < -0.39 is 36.2 Å². The van der Waals surface area contributed by atoms with Crippen molar-refractivity contribution >= 4 is 23.8 Å². The number of hydrogen-bond donors (Lipinski definition) is 2. The van der Waals surface area contributed by atoms with Gasteiger partial charge >= 0.3 is 11.9 Å². The van der Waals surface area contributed by atoms with Crippen molar-refractivity contribution in [3.8, 4) is 0 Å². The largest absolute Gasteiger partial charge is 0.481 e. The molecule has 1 atom stereocenters. The lowest BCUT2D eigenvalue weighted by Crippen LogP contribution is -2.48. The van der Waals surface area contributed by atoms with E-state index in [4.69, 9.17) is 5.11 Å². The molecule has 0 bridgehead atoms. The number of carboxylic acids is 2. The SMILES string of the molecule is CCCCCCCCCC(=O)N(C(=O)CCCCCCC)[C@@H](CCC(=O)O)C(=O)O. The first-order chi connectivity index (χ1) is 14.3. The topological polar surface area (TPSA) is 112 Å². The van der Waals surface area contributed by atoms with Crippen LogP contribution in [-0.4, -0.2) is 44.9 Å². The molecule has 0 radical (unpaired) electrons. The van der Waals surface area contributed by atoms with E-state index in [1.807, 2.05) is 0 Å². The first-order valence-corrected chi connectivity index (χ1v) is 11.6. The summed E-state index contributed by atoms with van der Waals surface area (Å²) in [6.45, 7) is 4.24. The molecule has 0 rings (SSSR count). The number of nitrogens with zero attached hydrogens (tertiary/aromatic N) is 1. The van der Waals surface area contributed by atoms with Crippen molar-refractivity contribution in [2.75, 3.05) is 0 Å². The van der Waals surface area contributed by atoms with Gasteiger partial charge in [-0.3, -0.25) is 19.3 Å². The molecule has 0 saturated carbocycles. The molecule has 0 fully saturated rings. The van der Waals surface area contributed by atoms with Gasteiger partial charge in [-0.05, 0) is 19.3 Å². The summed E-state index contributed by atoms with van der Waals surface area (Å²) in [7, 11) is 0. The maximum Gasteiger partial charge on any atom is 0.326 e. The number of imide groups is 1. The van der Waals surface area contributed by atoms with Gasteiger partial charge < -0.3 is 10.2 Å². The third-order valence-electron chi connectivity index (χ3n) is 5.25. The number of amides is 2. The van der Waals surface area contributed by atoms with Crippen LogP contribution in [0.5, 0.6) is 0 Å². The van der Waals surface area contributed by atoms with E-state index in [-0.39, 0.29) is 19.3 Å². The molecule has 174 valence electrons. The molecule has 0 aliphatic rings. The maximum atomic E-state index is 12.7. The molecule has 0 saturated heterocycles. The Labute approximate surface area is 181 Å². The van der Waals surface area contributed by atoms with Gasteiger partial charge in [0.25, 0.3) is 0 Å². The van der Waals surface area contributed by atoms with E-state index in [0.717, 1.165) is 49.8 Å². The van der Waals surface area contributed by atoms with Crippen LogP contribution in [0, 0.1) is 0 Å². The van der Waals surface area contributed by atoms with E-state index in [1.54, 1.807) is 0 Å². The van der Waals surface area contributed by atoms with Gasteiger partial charge in [-0.1, -0.05) is 78.1 Å². The van der Waals surface area contributed by atoms with Gasteiger partial charge in [-0.15, -0.1) is 0 Å². The molecular formula is C23H41NO6. The van der Waals surface area contributed by atoms with Crippen molar-refractivity contribution in [3.63, 3.8) is 0 Å². The van der Waals surface area contributed by atoms with Crippen molar-refractivity contribution in [1.82, 2.24) is 4.90 Å². The van der Waals surface area contributed by atoms with Crippen molar-refractivity contribution in [3.05, 3.63) is 0 Å². The maximum absolute atomic E-state index is 12.7. The van der Waals surface area contributed by atoms with E-state index >= 15 is 0 Å². The third kappa shape index (κ3) is 13.3. The van der Waals surface area contributed by atoms with Crippen LogP contribution in [0.1, 0.15) is 117 Å². The minimum absolute atomic E-state index is 0.114. The summed E-state index contributed by atoms with van der Waals surface area (Å²) in [4.78, 5) is 48.9. The van der Waals surface area contributed by atoms with Gasteiger partial charge in [-0.2, -0.15) is 0 Å². The molecule has 0 aromatic rings. The Morgan fingerprint density at radius 3 is 1.40 bits per heavy atom. The van der Waals surface area contributed by atoms with Crippen molar-refractivity contribution in [2.45, 2.75) is 123 Å². The predicted molar refractivity (Wildman–Crippen MR) is 116 cm³/mol. The summed E-state index contributed by atoms with van der Waals surface area (Å²) < 4.78 is 0. The van der Waals surface area contributed by atoms with Crippen LogP contribution in [0.15, 0.2) is 0 Å². The molecule has 2 N–H and O–H groups in total. The Hall–Kier alpha value is -1.92. The van der Waals surface area contributed by atoms with Crippen molar-refractivity contribution < 1.29 is 29.4 Å². The highest BCUT2D eigenvalue weighted by Gasteiger charge is 2.34. The highest BCUT2D eigenvalue weighted by Crippen LogP contribution is 2.17. The van der Waals surface area contributed by atoms with Gasteiger partial charge in [-0.25, -0.2) is 4.79 Å². The zero-order valence-electron chi connectivity index (χ0n) is 18.9. The highest BCUT2D eigenvalue weighted by molar-refractivity contribution is 5.99. The number of carboxylic acid groups (broad SMARTS) is 2. The monoisotopic (exact) mass is 427 g/mol. The fraction of sp³-hybridized carbons (Fsp3) is 0.826. The smallest absolute Gasteiger partial charge is 0.326 e. The molecule has 0 aromatic carbocycles. The van der Waals surface area contributed by atoms with Crippen LogP contribution in [0.2, 0.25) is 0 Å². The molecule has 0 spiro atoms. The minimum Gasteiger partial charge on any atom is -0.481 e. The predicted octanol–water partition coefficient (Wildman–Crippen LogP) is 5.16. The Kier molecular flexibility index (Phi) is 16.8. The summed E-state index contributed by atoms with van der Waals surface area (Å²) in [6, 6.07) is -1.42. The van der Waals surface area contributed by atoms with E-state index in [9.17, 15) is 24.3 Å². The number of carbonyl (C=O) groups is 4. The van der Waals surface area contributed by atoms with Gasteiger partial charge in [0.15, 0.2) is 0 Å². The molecule has 0 heterocycles. The molecule has 7 nitrogen and oxygen atoms in total. The molecule has 7 heteroatoms. The lowest BCUT2D eigenvalue weighted by molar-refractivity contribution is -0.159. The molecule has 2 amide bonds. The van der Waals surface area contributed by atoms with Crippen molar-refractivity contribution in [2.24, 2.45) is 0 Å². The lowest BCUT2D eigenvalue weighted by Gasteiger charge is -2.27. The van der Waals surface area contributed by atoms with E-state index in [2.05, 4.69) is 13.8 Å². The molecule has 0 aliphatic heterocycles. The van der Waals surface area contributed by atoms with Crippen molar-refractivity contribution in [1.29, 1.82) is 0 Å². The number of unbranched alkanes of at least 4 members (excludes halogenated alkanes) is 10. The summed E-state index contributed by atoms with van der Waals surface area (Å²) in [5, 5.41) is 18.5. The molecular weight excluding hydrogens is 386 g/mol. The fourth-order valence-electron chi connectivity index (χ4n) is 3.46. The van der Waals surface area contributed by atoms with Gasteiger partial charge in [0.2, 0.25) is 11.8 Å². The van der Waals surface area contributed by atoms with Crippen LogP contribution in [-0.2, 0) is 19.2 Å². The Bertz CT molecular complexity index is 520. The number of aliphatic carboxylic acids is 2. The van der Waals surface area contributed by atoms with Gasteiger partial charge in [0.1, 0.15) is 6.04 Å². The number of carbonyl (C=O) groups excluding carboxylic acids is 2. The average Bonchev–Trinajstić information content (AvgIpc) is 2.69.